The summed E-state index contributed by atoms with van der Waals surface area (Å²) in [6.07, 6.45) is 4.90. The molecule has 1 aromatic heterocycles. The summed E-state index contributed by atoms with van der Waals surface area (Å²) in [5, 5.41) is 14.4. The van der Waals surface area contributed by atoms with E-state index >= 15 is 0 Å². The Morgan fingerprint density at radius 1 is 1.43 bits per heavy atom. The second-order valence-corrected chi connectivity index (χ2v) is 6.13. The van der Waals surface area contributed by atoms with Crippen molar-refractivity contribution in [1.29, 1.82) is 0 Å². The first-order valence-electron chi connectivity index (χ1n) is 7.74. The van der Waals surface area contributed by atoms with Crippen LogP contribution in [-0.2, 0) is 0 Å². The van der Waals surface area contributed by atoms with Crippen LogP contribution in [0, 0.1) is 23.0 Å². The largest absolute Gasteiger partial charge is 0.353 e. The van der Waals surface area contributed by atoms with Gasteiger partial charge in [-0.05, 0) is 57.7 Å². The SMILES string of the molecule is Cc1nc(N(CC2CCCNC2)C2CC2)ccc1[N+](=O)[O-]. The van der Waals surface area contributed by atoms with E-state index in [0.29, 0.717) is 17.7 Å². The number of piperidine rings is 1. The van der Waals surface area contributed by atoms with Crippen LogP contribution in [0.15, 0.2) is 12.1 Å². The molecular formula is C15H22N4O2. The Labute approximate surface area is 124 Å². The number of nitrogens with zero attached hydrogens (tertiary/aromatic N) is 3. The molecule has 2 heterocycles. The second-order valence-electron chi connectivity index (χ2n) is 6.13. The maximum Gasteiger partial charge on any atom is 0.290 e. The Morgan fingerprint density at radius 3 is 2.81 bits per heavy atom. The van der Waals surface area contributed by atoms with Gasteiger partial charge in [-0.3, -0.25) is 10.1 Å². The standard InChI is InChI=1S/C15H22N4O2/c1-11-14(19(20)21)6-7-15(17-11)18(13-4-5-13)10-12-3-2-8-16-9-12/h6-7,12-13,16H,2-5,8-10H2,1H3. The fourth-order valence-corrected chi connectivity index (χ4v) is 3.07. The first-order valence-corrected chi connectivity index (χ1v) is 7.74. The molecule has 0 spiro atoms. The lowest BCUT2D eigenvalue weighted by Gasteiger charge is -2.31. The Hall–Kier alpha value is -1.69. The molecule has 21 heavy (non-hydrogen) atoms. The normalized spacial score (nSPS) is 22.0. The van der Waals surface area contributed by atoms with Crippen molar-refractivity contribution in [1.82, 2.24) is 10.3 Å². The van der Waals surface area contributed by atoms with Gasteiger partial charge in [0.1, 0.15) is 11.5 Å². The number of hydrogen-bond acceptors (Lipinski definition) is 5. The van der Waals surface area contributed by atoms with E-state index < -0.39 is 0 Å². The Kier molecular flexibility index (Phi) is 4.05. The number of nitro groups is 1. The van der Waals surface area contributed by atoms with E-state index in [9.17, 15) is 10.1 Å². The van der Waals surface area contributed by atoms with Crippen molar-refractivity contribution in [2.75, 3.05) is 24.5 Å². The number of aromatic nitrogens is 1. The van der Waals surface area contributed by atoms with Crippen LogP contribution in [0.1, 0.15) is 31.4 Å². The average Bonchev–Trinajstić information content (AvgIpc) is 3.30. The summed E-state index contributed by atoms with van der Waals surface area (Å²) in [6, 6.07) is 3.96. The van der Waals surface area contributed by atoms with Crippen molar-refractivity contribution >= 4 is 11.5 Å². The zero-order chi connectivity index (χ0) is 14.8. The lowest BCUT2D eigenvalue weighted by molar-refractivity contribution is -0.385. The van der Waals surface area contributed by atoms with E-state index in [4.69, 9.17) is 0 Å². The number of anilines is 1. The molecule has 1 aromatic rings. The molecule has 1 aliphatic carbocycles. The second kappa shape index (κ2) is 5.97. The van der Waals surface area contributed by atoms with Crippen molar-refractivity contribution < 1.29 is 4.92 Å². The Bertz CT molecular complexity index is 524. The van der Waals surface area contributed by atoms with E-state index in [2.05, 4.69) is 15.2 Å². The van der Waals surface area contributed by atoms with Gasteiger partial charge in [-0.1, -0.05) is 0 Å². The molecule has 2 aliphatic rings. The molecule has 1 unspecified atom stereocenters. The third-order valence-electron chi connectivity index (χ3n) is 4.38. The van der Waals surface area contributed by atoms with Gasteiger partial charge in [0.15, 0.2) is 0 Å². The molecule has 1 saturated carbocycles. The monoisotopic (exact) mass is 290 g/mol. The van der Waals surface area contributed by atoms with Gasteiger partial charge in [0, 0.05) is 18.7 Å². The van der Waals surface area contributed by atoms with Gasteiger partial charge in [0.05, 0.1) is 4.92 Å². The highest BCUT2D eigenvalue weighted by Crippen LogP contribution is 2.33. The van der Waals surface area contributed by atoms with Gasteiger partial charge in [-0.15, -0.1) is 0 Å². The molecule has 6 nitrogen and oxygen atoms in total. The third kappa shape index (κ3) is 3.32. The molecule has 0 aromatic carbocycles. The Morgan fingerprint density at radius 2 is 2.24 bits per heavy atom. The molecule has 1 N–H and O–H groups in total. The van der Waals surface area contributed by atoms with Crippen LogP contribution in [0.2, 0.25) is 0 Å². The van der Waals surface area contributed by atoms with Gasteiger partial charge >= 0.3 is 0 Å². The molecule has 1 atom stereocenters. The molecule has 6 heteroatoms. The van der Waals surface area contributed by atoms with Gasteiger partial charge in [0.25, 0.3) is 5.69 Å². The molecular weight excluding hydrogens is 268 g/mol. The summed E-state index contributed by atoms with van der Waals surface area (Å²) in [4.78, 5) is 17.4. The van der Waals surface area contributed by atoms with Crippen LogP contribution in [0.3, 0.4) is 0 Å². The van der Waals surface area contributed by atoms with E-state index in [1.807, 2.05) is 0 Å². The summed E-state index contributed by atoms with van der Waals surface area (Å²) >= 11 is 0. The zero-order valence-electron chi connectivity index (χ0n) is 12.4. The number of nitrogens with one attached hydrogen (secondary N) is 1. The summed E-state index contributed by atoms with van der Waals surface area (Å²) < 4.78 is 0. The smallest absolute Gasteiger partial charge is 0.290 e. The molecule has 2 fully saturated rings. The number of pyridine rings is 1. The lowest BCUT2D eigenvalue weighted by atomic mass is 9.99. The van der Waals surface area contributed by atoms with Crippen LogP contribution >= 0.6 is 0 Å². The van der Waals surface area contributed by atoms with E-state index in [1.54, 1.807) is 19.1 Å². The molecule has 1 saturated heterocycles. The first-order chi connectivity index (χ1) is 10.1. The number of rotatable bonds is 5. The van der Waals surface area contributed by atoms with Gasteiger partial charge in [-0.25, -0.2) is 4.98 Å². The van der Waals surface area contributed by atoms with Crippen LogP contribution in [0.5, 0.6) is 0 Å². The van der Waals surface area contributed by atoms with Crippen LogP contribution in [0.4, 0.5) is 11.5 Å². The minimum absolute atomic E-state index is 0.105. The lowest BCUT2D eigenvalue weighted by Crippen LogP contribution is -2.39. The van der Waals surface area contributed by atoms with E-state index in [-0.39, 0.29) is 10.6 Å². The topological polar surface area (TPSA) is 71.3 Å². The predicted octanol–water partition coefficient (Wildman–Crippen LogP) is 2.27. The average molecular weight is 290 g/mol. The summed E-state index contributed by atoms with van der Waals surface area (Å²) in [5.41, 5.74) is 0.610. The molecule has 3 rings (SSSR count). The number of hydrogen-bond donors (Lipinski definition) is 1. The molecule has 1 aliphatic heterocycles. The minimum Gasteiger partial charge on any atom is -0.353 e. The third-order valence-corrected chi connectivity index (χ3v) is 4.38. The molecule has 0 bridgehead atoms. The first kappa shape index (κ1) is 14.3. The highest BCUT2D eigenvalue weighted by atomic mass is 16.6. The maximum absolute atomic E-state index is 10.9. The van der Waals surface area contributed by atoms with E-state index in [1.165, 1.54) is 25.7 Å². The Balaban J connectivity index is 1.77. The summed E-state index contributed by atoms with van der Waals surface area (Å²) in [5.74, 6) is 1.54. The van der Waals surface area contributed by atoms with Gasteiger partial charge in [-0.2, -0.15) is 0 Å². The summed E-state index contributed by atoms with van der Waals surface area (Å²) in [7, 11) is 0. The quantitative estimate of drug-likeness (QED) is 0.665. The number of aryl methyl sites for hydroxylation is 1. The van der Waals surface area contributed by atoms with Crippen LogP contribution < -0.4 is 10.2 Å². The van der Waals surface area contributed by atoms with Crippen LogP contribution in [-0.4, -0.2) is 35.6 Å². The van der Waals surface area contributed by atoms with Crippen LogP contribution in [0.25, 0.3) is 0 Å². The highest BCUT2D eigenvalue weighted by molar-refractivity contribution is 5.48. The van der Waals surface area contributed by atoms with Gasteiger partial charge in [0.2, 0.25) is 0 Å². The molecule has 0 radical (unpaired) electrons. The van der Waals surface area contributed by atoms with Crippen molar-refractivity contribution in [3.05, 3.63) is 27.9 Å². The van der Waals surface area contributed by atoms with E-state index in [0.717, 1.165) is 25.5 Å². The van der Waals surface area contributed by atoms with Gasteiger partial charge < -0.3 is 10.2 Å². The summed E-state index contributed by atoms with van der Waals surface area (Å²) in [6.45, 7) is 4.90. The minimum atomic E-state index is -0.362. The van der Waals surface area contributed by atoms with Crippen molar-refractivity contribution in [3.63, 3.8) is 0 Å². The fourth-order valence-electron chi connectivity index (χ4n) is 3.07. The maximum atomic E-state index is 10.9. The fraction of sp³-hybridized carbons (Fsp3) is 0.667. The van der Waals surface area contributed by atoms with Crippen molar-refractivity contribution in [2.45, 2.75) is 38.6 Å². The predicted molar refractivity (Wildman–Crippen MR) is 81.6 cm³/mol. The highest BCUT2D eigenvalue weighted by Gasteiger charge is 2.32. The van der Waals surface area contributed by atoms with Crippen molar-refractivity contribution in [2.24, 2.45) is 5.92 Å². The molecule has 114 valence electrons. The zero-order valence-corrected chi connectivity index (χ0v) is 12.4. The van der Waals surface area contributed by atoms with Crippen molar-refractivity contribution in [3.8, 4) is 0 Å². The molecule has 0 amide bonds.